The van der Waals surface area contributed by atoms with Crippen LogP contribution in [0.1, 0.15) is 17.5 Å². The van der Waals surface area contributed by atoms with Crippen LogP contribution in [0.15, 0.2) is 71.1 Å². The standard InChI is InChI=1S/C23H21NO4/c1-15(14-27-18-10-8-17(26-2)9-11-18)24-23(25)22-13-20-19-6-4-3-5-16(19)7-12-21(20)28-22/h3-13,15H,14H2,1-2H3,(H,24,25)/t15-/m1/s1. The molecule has 1 amide bonds. The number of benzene rings is 3. The second kappa shape index (κ2) is 7.64. The third kappa shape index (κ3) is 3.64. The summed E-state index contributed by atoms with van der Waals surface area (Å²) in [5.74, 6) is 1.52. The monoisotopic (exact) mass is 375 g/mol. The molecule has 0 fully saturated rings. The van der Waals surface area contributed by atoms with Gasteiger partial charge in [-0.15, -0.1) is 0 Å². The summed E-state index contributed by atoms with van der Waals surface area (Å²) >= 11 is 0. The van der Waals surface area contributed by atoms with Gasteiger partial charge in [0.15, 0.2) is 5.76 Å². The number of rotatable bonds is 6. The zero-order valence-electron chi connectivity index (χ0n) is 15.8. The van der Waals surface area contributed by atoms with Gasteiger partial charge in [-0.05, 0) is 54.1 Å². The molecule has 3 aromatic carbocycles. The average Bonchev–Trinajstić information content (AvgIpc) is 3.18. The minimum absolute atomic E-state index is 0.181. The molecule has 0 bridgehead atoms. The molecule has 1 heterocycles. The molecule has 0 saturated heterocycles. The third-order valence-electron chi connectivity index (χ3n) is 4.59. The molecule has 142 valence electrons. The Morgan fingerprint density at radius 3 is 2.54 bits per heavy atom. The van der Waals surface area contributed by atoms with Crippen molar-refractivity contribution in [2.45, 2.75) is 13.0 Å². The Labute approximate surface area is 162 Å². The van der Waals surface area contributed by atoms with Gasteiger partial charge in [-0.3, -0.25) is 4.79 Å². The van der Waals surface area contributed by atoms with Crippen LogP contribution in [0, 0.1) is 0 Å². The van der Waals surface area contributed by atoms with Gasteiger partial charge in [0.2, 0.25) is 0 Å². The number of hydrogen-bond donors (Lipinski definition) is 1. The fourth-order valence-electron chi connectivity index (χ4n) is 3.13. The molecule has 0 radical (unpaired) electrons. The number of amides is 1. The second-order valence-electron chi connectivity index (χ2n) is 6.67. The number of carbonyl (C=O) groups excluding carboxylic acids is 1. The zero-order valence-corrected chi connectivity index (χ0v) is 15.8. The summed E-state index contributed by atoms with van der Waals surface area (Å²) in [4.78, 5) is 12.6. The van der Waals surface area contributed by atoms with Gasteiger partial charge in [-0.2, -0.15) is 0 Å². The highest BCUT2D eigenvalue weighted by atomic mass is 16.5. The van der Waals surface area contributed by atoms with E-state index in [0.29, 0.717) is 18.0 Å². The number of furan rings is 1. The third-order valence-corrected chi connectivity index (χ3v) is 4.59. The lowest BCUT2D eigenvalue weighted by molar-refractivity contribution is 0.0901. The molecule has 4 rings (SSSR count). The van der Waals surface area contributed by atoms with Gasteiger partial charge in [0.1, 0.15) is 23.7 Å². The van der Waals surface area contributed by atoms with E-state index in [1.807, 2.05) is 67.6 Å². The molecule has 0 aliphatic rings. The van der Waals surface area contributed by atoms with Crippen molar-refractivity contribution < 1.29 is 18.7 Å². The van der Waals surface area contributed by atoms with E-state index < -0.39 is 0 Å². The van der Waals surface area contributed by atoms with Gasteiger partial charge >= 0.3 is 0 Å². The van der Waals surface area contributed by atoms with E-state index in [9.17, 15) is 4.79 Å². The van der Waals surface area contributed by atoms with Crippen LogP contribution in [0.4, 0.5) is 0 Å². The van der Waals surface area contributed by atoms with E-state index in [4.69, 9.17) is 13.9 Å². The maximum atomic E-state index is 12.6. The smallest absolute Gasteiger partial charge is 0.287 e. The van der Waals surface area contributed by atoms with Crippen molar-refractivity contribution in [2.24, 2.45) is 0 Å². The number of nitrogens with one attached hydrogen (secondary N) is 1. The summed E-state index contributed by atoms with van der Waals surface area (Å²) in [6.45, 7) is 2.24. The molecule has 5 nitrogen and oxygen atoms in total. The molecule has 1 aromatic heterocycles. The highest BCUT2D eigenvalue weighted by Crippen LogP contribution is 2.28. The van der Waals surface area contributed by atoms with E-state index in [2.05, 4.69) is 5.32 Å². The topological polar surface area (TPSA) is 60.7 Å². The number of hydrogen-bond acceptors (Lipinski definition) is 4. The molecule has 1 atom stereocenters. The molecule has 5 heteroatoms. The molecular formula is C23H21NO4. The van der Waals surface area contributed by atoms with Gasteiger partial charge < -0.3 is 19.2 Å². The Morgan fingerprint density at radius 1 is 1.00 bits per heavy atom. The summed E-state index contributed by atoms with van der Waals surface area (Å²) in [6, 6.07) is 20.9. The van der Waals surface area contributed by atoms with E-state index in [1.165, 1.54) is 0 Å². The zero-order chi connectivity index (χ0) is 19.5. The SMILES string of the molecule is COc1ccc(OC[C@@H](C)NC(=O)c2cc3c(ccc4ccccc43)o2)cc1. The largest absolute Gasteiger partial charge is 0.497 e. The predicted molar refractivity (Wildman–Crippen MR) is 109 cm³/mol. The first-order valence-electron chi connectivity index (χ1n) is 9.13. The summed E-state index contributed by atoms with van der Waals surface area (Å²) < 4.78 is 16.6. The number of methoxy groups -OCH3 is 1. The fourth-order valence-corrected chi connectivity index (χ4v) is 3.13. The van der Waals surface area contributed by atoms with Crippen LogP contribution in [-0.4, -0.2) is 25.7 Å². The summed E-state index contributed by atoms with van der Waals surface area (Å²) in [5.41, 5.74) is 0.700. The van der Waals surface area contributed by atoms with E-state index >= 15 is 0 Å². The van der Waals surface area contributed by atoms with Crippen molar-refractivity contribution in [1.29, 1.82) is 0 Å². The molecule has 0 aliphatic carbocycles. The Balaban J connectivity index is 1.43. The highest BCUT2D eigenvalue weighted by molar-refractivity contribution is 6.08. The fraction of sp³-hybridized carbons (Fsp3) is 0.174. The lowest BCUT2D eigenvalue weighted by Crippen LogP contribution is -2.36. The summed E-state index contributed by atoms with van der Waals surface area (Å²) in [6.07, 6.45) is 0. The van der Waals surface area contributed by atoms with Crippen molar-refractivity contribution in [1.82, 2.24) is 5.32 Å². The Morgan fingerprint density at radius 2 is 1.75 bits per heavy atom. The lowest BCUT2D eigenvalue weighted by Gasteiger charge is -2.14. The minimum Gasteiger partial charge on any atom is -0.497 e. The van der Waals surface area contributed by atoms with Gasteiger partial charge in [0, 0.05) is 5.39 Å². The average molecular weight is 375 g/mol. The van der Waals surface area contributed by atoms with Gasteiger partial charge in [-0.25, -0.2) is 0 Å². The number of ether oxygens (including phenoxy) is 2. The molecule has 0 saturated carbocycles. The van der Waals surface area contributed by atoms with Gasteiger partial charge in [0.05, 0.1) is 13.2 Å². The molecule has 1 N–H and O–H groups in total. The first-order chi connectivity index (χ1) is 13.6. The normalized spacial score (nSPS) is 12.1. The van der Waals surface area contributed by atoms with Gasteiger partial charge in [0.25, 0.3) is 5.91 Å². The number of fused-ring (bicyclic) bond motifs is 3. The molecule has 28 heavy (non-hydrogen) atoms. The van der Waals surface area contributed by atoms with Crippen molar-refractivity contribution in [3.63, 3.8) is 0 Å². The van der Waals surface area contributed by atoms with Crippen molar-refractivity contribution in [3.05, 3.63) is 72.5 Å². The van der Waals surface area contributed by atoms with Gasteiger partial charge in [-0.1, -0.05) is 30.3 Å². The van der Waals surface area contributed by atoms with Crippen LogP contribution in [0.3, 0.4) is 0 Å². The number of carbonyl (C=O) groups is 1. The Kier molecular flexibility index (Phi) is 4.89. The van der Waals surface area contributed by atoms with Crippen molar-refractivity contribution in [2.75, 3.05) is 13.7 Å². The van der Waals surface area contributed by atoms with E-state index in [1.54, 1.807) is 13.2 Å². The van der Waals surface area contributed by atoms with E-state index in [-0.39, 0.29) is 11.9 Å². The Hall–Kier alpha value is -3.47. The van der Waals surface area contributed by atoms with Crippen LogP contribution < -0.4 is 14.8 Å². The lowest BCUT2D eigenvalue weighted by atomic mass is 10.1. The van der Waals surface area contributed by atoms with Crippen LogP contribution >= 0.6 is 0 Å². The molecule has 0 spiro atoms. The van der Waals surface area contributed by atoms with E-state index in [0.717, 1.165) is 27.7 Å². The molecular weight excluding hydrogens is 354 g/mol. The first-order valence-corrected chi connectivity index (χ1v) is 9.13. The van der Waals surface area contributed by atoms with Crippen LogP contribution in [-0.2, 0) is 0 Å². The summed E-state index contributed by atoms with van der Waals surface area (Å²) in [5, 5.41) is 6.03. The van der Waals surface area contributed by atoms with Crippen LogP contribution in [0.5, 0.6) is 11.5 Å². The minimum atomic E-state index is -0.258. The van der Waals surface area contributed by atoms with Crippen LogP contribution in [0.25, 0.3) is 21.7 Å². The maximum absolute atomic E-state index is 12.6. The van der Waals surface area contributed by atoms with Crippen molar-refractivity contribution >= 4 is 27.6 Å². The predicted octanol–water partition coefficient (Wildman–Crippen LogP) is 4.79. The highest BCUT2D eigenvalue weighted by Gasteiger charge is 2.16. The molecule has 0 unspecified atom stereocenters. The quantitative estimate of drug-likeness (QED) is 0.526. The molecule has 4 aromatic rings. The first kappa shape index (κ1) is 17.9. The summed E-state index contributed by atoms with van der Waals surface area (Å²) in [7, 11) is 1.62. The van der Waals surface area contributed by atoms with Crippen LogP contribution in [0.2, 0.25) is 0 Å². The maximum Gasteiger partial charge on any atom is 0.287 e. The second-order valence-corrected chi connectivity index (χ2v) is 6.67. The van der Waals surface area contributed by atoms with Crippen molar-refractivity contribution in [3.8, 4) is 11.5 Å². The molecule has 0 aliphatic heterocycles. The Bertz CT molecular complexity index is 1110.